The summed E-state index contributed by atoms with van der Waals surface area (Å²) in [5.41, 5.74) is 0. The van der Waals surface area contributed by atoms with E-state index in [0.29, 0.717) is 0 Å². The minimum atomic E-state index is -4.54. The van der Waals surface area contributed by atoms with Crippen molar-refractivity contribution in [2.24, 2.45) is 0 Å². The van der Waals surface area contributed by atoms with Gasteiger partial charge in [-0.2, -0.15) is 0 Å². The Labute approximate surface area is 166 Å². The maximum atomic E-state index is 12.2. The fraction of sp³-hybridized carbons (Fsp3) is 0. The zero-order valence-electron chi connectivity index (χ0n) is 13.9. The molecule has 28 heavy (non-hydrogen) atoms. The molecule has 3 aromatic heterocycles. The quantitative estimate of drug-likeness (QED) is 0.459. The van der Waals surface area contributed by atoms with Crippen molar-refractivity contribution < 1.29 is 22.9 Å². The molecule has 3 heterocycles. The van der Waals surface area contributed by atoms with Gasteiger partial charge in [-0.25, -0.2) is 0 Å². The van der Waals surface area contributed by atoms with Crippen LogP contribution in [0.3, 0.4) is 0 Å². The summed E-state index contributed by atoms with van der Waals surface area (Å²) in [6.07, 6.45) is 7.93. The fourth-order valence-electron chi connectivity index (χ4n) is 1.71. The third kappa shape index (κ3) is 5.26. The summed E-state index contributed by atoms with van der Waals surface area (Å²) in [5, 5.41) is 0. The average molecular weight is 484 g/mol. The molecule has 0 unspecified atom stereocenters. The first-order valence-corrected chi connectivity index (χ1v) is 11.6. The number of rotatable bonds is 6. The Hall–Kier alpha value is -3.48. The van der Waals surface area contributed by atoms with Crippen molar-refractivity contribution in [3.05, 3.63) is 72.9 Å². The van der Waals surface area contributed by atoms with Gasteiger partial charge in [-0.1, -0.05) is 0 Å². The van der Waals surface area contributed by atoms with Crippen molar-refractivity contribution in [1.29, 1.82) is 0 Å². The second kappa shape index (κ2) is 9.45. The minimum absolute atomic E-state index is 0.289. The Morgan fingerprint density at radius 1 is 0.536 bits per heavy atom. The first-order valence-electron chi connectivity index (χ1n) is 7.57. The molecule has 13 heteroatoms. The Kier molecular flexibility index (Phi) is 6.51. The summed E-state index contributed by atoms with van der Waals surface area (Å²) in [4.78, 5) is 58.8. The van der Waals surface area contributed by atoms with E-state index in [1.807, 2.05) is 0 Å². The van der Waals surface area contributed by atoms with Gasteiger partial charge in [0.15, 0.2) is 0 Å². The molecular weight excluding hydrogens is 475 g/mol. The van der Waals surface area contributed by atoms with Crippen LogP contribution in [-0.4, -0.2) is 70.6 Å². The van der Waals surface area contributed by atoms with Crippen LogP contribution in [0.25, 0.3) is 0 Å². The number of carbonyl (C=O) groups is 3. The number of nitrogens with zero attached hydrogens (tertiary/aromatic N) is 6. The third-order valence-electron chi connectivity index (χ3n) is 2.85. The second-order valence-electron chi connectivity index (χ2n) is 4.72. The standard InChI is InChI=1S/3C5H4N2O2.In/c3*8-5(9)4-6-2-1-3-7-4;/h3*1-3H,(H,8,9);/q;;;+3/p-3. The molecule has 0 bridgehead atoms. The van der Waals surface area contributed by atoms with Gasteiger partial charge in [-0.3, -0.25) is 0 Å². The molecule has 0 aliphatic rings. The van der Waals surface area contributed by atoms with E-state index in [-0.39, 0.29) is 17.5 Å². The van der Waals surface area contributed by atoms with Gasteiger partial charge < -0.3 is 0 Å². The van der Waals surface area contributed by atoms with E-state index in [9.17, 15) is 14.4 Å². The zero-order valence-corrected chi connectivity index (χ0v) is 17.2. The summed E-state index contributed by atoms with van der Waals surface area (Å²) >= 11 is -4.54. The fourth-order valence-corrected chi connectivity index (χ4v) is 4.52. The van der Waals surface area contributed by atoms with E-state index in [2.05, 4.69) is 29.9 Å². The predicted molar refractivity (Wildman–Crippen MR) is 88.1 cm³/mol. The first-order chi connectivity index (χ1) is 13.6. The Bertz CT molecular complexity index is 835. The van der Waals surface area contributed by atoms with E-state index in [1.54, 1.807) is 0 Å². The monoisotopic (exact) mass is 484 g/mol. The van der Waals surface area contributed by atoms with E-state index >= 15 is 0 Å². The first kappa shape index (κ1) is 19.3. The van der Waals surface area contributed by atoms with Crippen LogP contribution >= 0.6 is 0 Å². The van der Waals surface area contributed by atoms with Crippen LogP contribution in [0.15, 0.2) is 55.4 Å². The van der Waals surface area contributed by atoms with Gasteiger partial charge in [0.1, 0.15) is 0 Å². The van der Waals surface area contributed by atoms with Gasteiger partial charge >= 0.3 is 166 Å². The van der Waals surface area contributed by atoms with Crippen LogP contribution in [0.5, 0.6) is 0 Å². The Morgan fingerprint density at radius 3 is 1.04 bits per heavy atom. The maximum absolute atomic E-state index is 12.2. The van der Waals surface area contributed by atoms with Crippen LogP contribution in [0.2, 0.25) is 0 Å². The molecule has 0 amide bonds. The van der Waals surface area contributed by atoms with Crippen LogP contribution in [0.4, 0.5) is 0 Å². The molecule has 0 aliphatic heterocycles. The molecule has 138 valence electrons. The normalized spacial score (nSPS) is 9.86. The van der Waals surface area contributed by atoms with Crippen molar-refractivity contribution >= 4 is 40.7 Å². The molecule has 0 saturated heterocycles. The number of hydrogen-bond acceptors (Lipinski definition) is 12. The van der Waals surface area contributed by atoms with Gasteiger partial charge in [0, 0.05) is 0 Å². The van der Waals surface area contributed by atoms with Crippen molar-refractivity contribution in [3.63, 3.8) is 0 Å². The van der Waals surface area contributed by atoms with Gasteiger partial charge in [-0.15, -0.1) is 0 Å². The van der Waals surface area contributed by atoms with Gasteiger partial charge in [0.25, 0.3) is 0 Å². The van der Waals surface area contributed by atoms with Crippen LogP contribution in [0.1, 0.15) is 31.9 Å². The van der Waals surface area contributed by atoms with Crippen LogP contribution in [-0.2, 0) is 8.56 Å². The third-order valence-corrected chi connectivity index (χ3v) is 6.34. The molecule has 0 N–H and O–H groups in total. The van der Waals surface area contributed by atoms with E-state index in [0.717, 1.165) is 0 Å². The Morgan fingerprint density at radius 2 is 0.786 bits per heavy atom. The average Bonchev–Trinajstić information content (AvgIpc) is 2.75. The summed E-state index contributed by atoms with van der Waals surface area (Å²) in [5.74, 6) is -3.89. The summed E-state index contributed by atoms with van der Waals surface area (Å²) in [6.45, 7) is 0. The summed E-state index contributed by atoms with van der Waals surface area (Å²) in [7, 11) is 0. The van der Waals surface area contributed by atoms with Gasteiger partial charge in [-0.05, 0) is 0 Å². The van der Waals surface area contributed by atoms with Crippen LogP contribution in [0, 0.1) is 0 Å². The van der Waals surface area contributed by atoms with Crippen molar-refractivity contribution in [2.75, 3.05) is 0 Å². The number of carbonyl (C=O) groups excluding carboxylic acids is 3. The molecule has 0 aliphatic carbocycles. The molecule has 0 saturated carbocycles. The predicted octanol–water partition coefficient (Wildman–Crippen LogP) is -0.0877. The molecule has 0 spiro atoms. The number of hydrogen-bond donors (Lipinski definition) is 0. The van der Waals surface area contributed by atoms with E-state index < -0.39 is 40.7 Å². The van der Waals surface area contributed by atoms with Crippen molar-refractivity contribution in [2.45, 2.75) is 0 Å². The zero-order chi connectivity index (χ0) is 19.8. The van der Waals surface area contributed by atoms with E-state index in [4.69, 9.17) is 8.56 Å². The number of aromatic nitrogens is 6. The van der Waals surface area contributed by atoms with Crippen LogP contribution < -0.4 is 0 Å². The van der Waals surface area contributed by atoms with Gasteiger partial charge in [0.2, 0.25) is 0 Å². The Balaban J connectivity index is 1.76. The van der Waals surface area contributed by atoms with Gasteiger partial charge in [0.05, 0.1) is 0 Å². The summed E-state index contributed by atoms with van der Waals surface area (Å²) in [6, 6.07) is 4.49. The second-order valence-corrected chi connectivity index (χ2v) is 8.39. The topological polar surface area (TPSA) is 156 Å². The molecular formula is C15H9InN6O6. The molecule has 0 fully saturated rings. The SMILES string of the molecule is O=C([O][In]([O]C(=O)c1ncccn1)[O]C(=O)c1ncccn1)c1ncccn1. The molecule has 0 radical (unpaired) electrons. The molecule has 12 nitrogen and oxygen atoms in total. The summed E-state index contributed by atoms with van der Waals surface area (Å²) < 4.78 is 15.2. The molecule has 3 rings (SSSR count). The molecule has 3 aromatic rings. The van der Waals surface area contributed by atoms with Crippen molar-refractivity contribution in [1.82, 2.24) is 29.9 Å². The van der Waals surface area contributed by atoms with Crippen molar-refractivity contribution in [3.8, 4) is 0 Å². The molecule has 0 aromatic carbocycles. The molecule has 0 atom stereocenters. The van der Waals surface area contributed by atoms with E-state index in [1.165, 1.54) is 55.4 Å².